The first-order chi connectivity index (χ1) is 8.95. The van der Waals surface area contributed by atoms with Crippen LogP contribution in [0.1, 0.15) is 37.7 Å². The zero-order chi connectivity index (χ0) is 14.4. The van der Waals surface area contributed by atoms with E-state index in [1.165, 1.54) is 11.4 Å². The van der Waals surface area contributed by atoms with Crippen molar-refractivity contribution in [2.75, 3.05) is 6.54 Å². The second kappa shape index (κ2) is 7.28. The number of rotatable bonds is 5. The topological polar surface area (TPSA) is 41.4 Å². The molecule has 1 rings (SSSR count). The molecule has 19 heavy (non-hydrogen) atoms. The molecule has 0 bridgehead atoms. The Morgan fingerprint density at radius 2 is 2.16 bits per heavy atom. The van der Waals surface area contributed by atoms with Crippen LogP contribution in [0.2, 0.25) is 0 Å². The lowest BCUT2D eigenvalue weighted by atomic mass is 10.2. The molecule has 1 heterocycles. The standard InChI is InChI=1S/C14H24N4S/c1-6-15-14(19)17-16-8-13-7-11(4)18(12(13)5)9-10(2)3/h7-8,10H,6,9H2,1-5H3,(H2,15,17,19). The van der Waals surface area contributed by atoms with Crippen LogP contribution in [0, 0.1) is 19.8 Å². The Labute approximate surface area is 121 Å². The molecule has 0 saturated carbocycles. The number of aromatic nitrogens is 1. The molecule has 5 heteroatoms. The maximum atomic E-state index is 5.05. The van der Waals surface area contributed by atoms with E-state index in [-0.39, 0.29) is 0 Å². The number of hydrogen-bond donors (Lipinski definition) is 2. The van der Waals surface area contributed by atoms with Crippen molar-refractivity contribution >= 4 is 23.5 Å². The Bertz CT molecular complexity index is 460. The highest BCUT2D eigenvalue weighted by atomic mass is 32.1. The lowest BCUT2D eigenvalue weighted by Gasteiger charge is -2.11. The predicted molar refractivity (Wildman–Crippen MR) is 85.7 cm³/mol. The van der Waals surface area contributed by atoms with Crippen molar-refractivity contribution in [2.45, 2.75) is 41.2 Å². The van der Waals surface area contributed by atoms with E-state index >= 15 is 0 Å². The third-order valence-electron chi connectivity index (χ3n) is 2.87. The van der Waals surface area contributed by atoms with Crippen LogP contribution >= 0.6 is 12.2 Å². The van der Waals surface area contributed by atoms with E-state index in [2.05, 4.69) is 54.2 Å². The molecule has 0 fully saturated rings. The van der Waals surface area contributed by atoms with Gasteiger partial charge in [-0.25, -0.2) is 0 Å². The van der Waals surface area contributed by atoms with Gasteiger partial charge >= 0.3 is 0 Å². The van der Waals surface area contributed by atoms with Gasteiger partial charge < -0.3 is 9.88 Å². The van der Waals surface area contributed by atoms with Gasteiger partial charge in [-0.15, -0.1) is 0 Å². The second-order valence-electron chi connectivity index (χ2n) is 5.06. The summed E-state index contributed by atoms with van der Waals surface area (Å²) in [6.07, 6.45) is 1.82. The molecule has 0 aromatic carbocycles. The number of nitrogens with zero attached hydrogens (tertiary/aromatic N) is 2. The van der Waals surface area contributed by atoms with E-state index in [0.29, 0.717) is 11.0 Å². The van der Waals surface area contributed by atoms with Gasteiger partial charge in [-0.1, -0.05) is 13.8 Å². The fraction of sp³-hybridized carbons (Fsp3) is 0.571. The summed E-state index contributed by atoms with van der Waals surface area (Å²) in [4.78, 5) is 0. The van der Waals surface area contributed by atoms with E-state index < -0.39 is 0 Å². The van der Waals surface area contributed by atoms with E-state index in [4.69, 9.17) is 12.2 Å². The van der Waals surface area contributed by atoms with Crippen LogP contribution in [0.15, 0.2) is 11.2 Å². The van der Waals surface area contributed by atoms with E-state index in [0.717, 1.165) is 18.7 Å². The Morgan fingerprint density at radius 1 is 1.47 bits per heavy atom. The summed E-state index contributed by atoms with van der Waals surface area (Å²) in [6.45, 7) is 12.5. The van der Waals surface area contributed by atoms with Crippen molar-refractivity contribution in [2.24, 2.45) is 11.0 Å². The molecule has 0 spiro atoms. The summed E-state index contributed by atoms with van der Waals surface area (Å²) in [6, 6.07) is 2.15. The predicted octanol–water partition coefficient (Wildman–Crippen LogP) is 2.58. The minimum atomic E-state index is 0.551. The van der Waals surface area contributed by atoms with Gasteiger partial charge in [0.05, 0.1) is 6.21 Å². The first-order valence-electron chi connectivity index (χ1n) is 6.69. The van der Waals surface area contributed by atoms with E-state index in [9.17, 15) is 0 Å². The molecule has 0 unspecified atom stereocenters. The molecule has 0 aliphatic rings. The number of hydrogen-bond acceptors (Lipinski definition) is 2. The maximum Gasteiger partial charge on any atom is 0.186 e. The first kappa shape index (κ1) is 15.7. The monoisotopic (exact) mass is 280 g/mol. The SMILES string of the molecule is CCNC(=S)NN=Cc1cc(C)n(CC(C)C)c1C. The van der Waals surface area contributed by atoms with Crippen molar-refractivity contribution in [1.29, 1.82) is 0 Å². The number of thiocarbonyl (C=S) groups is 1. The molecule has 2 N–H and O–H groups in total. The summed E-state index contributed by atoms with van der Waals surface area (Å²) in [7, 11) is 0. The lowest BCUT2D eigenvalue weighted by molar-refractivity contribution is 0.509. The zero-order valence-electron chi connectivity index (χ0n) is 12.4. The lowest BCUT2D eigenvalue weighted by Crippen LogP contribution is -2.31. The third-order valence-corrected chi connectivity index (χ3v) is 3.10. The van der Waals surface area contributed by atoms with E-state index in [1.807, 2.05) is 13.1 Å². The van der Waals surface area contributed by atoms with Crippen molar-refractivity contribution < 1.29 is 0 Å². The summed E-state index contributed by atoms with van der Waals surface area (Å²) in [5, 5.41) is 7.70. The quantitative estimate of drug-likeness (QED) is 0.495. The molecule has 1 aromatic heterocycles. The average molecular weight is 280 g/mol. The van der Waals surface area contributed by atoms with Gasteiger partial charge in [0, 0.05) is 30.0 Å². The second-order valence-corrected chi connectivity index (χ2v) is 5.47. The Balaban J connectivity index is 2.74. The molecule has 0 aliphatic carbocycles. The highest BCUT2D eigenvalue weighted by molar-refractivity contribution is 7.80. The van der Waals surface area contributed by atoms with Crippen molar-refractivity contribution in [3.05, 3.63) is 23.0 Å². The van der Waals surface area contributed by atoms with Crippen LogP contribution in [-0.2, 0) is 6.54 Å². The molecular weight excluding hydrogens is 256 g/mol. The highest BCUT2D eigenvalue weighted by Gasteiger charge is 2.08. The van der Waals surface area contributed by atoms with Gasteiger partial charge in [0.15, 0.2) is 5.11 Å². The summed E-state index contributed by atoms with van der Waals surface area (Å²) >= 11 is 5.05. The number of nitrogens with one attached hydrogen (secondary N) is 2. The summed E-state index contributed by atoms with van der Waals surface area (Å²) < 4.78 is 2.33. The smallest absolute Gasteiger partial charge is 0.186 e. The Hall–Kier alpha value is -1.36. The first-order valence-corrected chi connectivity index (χ1v) is 7.10. The van der Waals surface area contributed by atoms with Crippen LogP contribution in [0.3, 0.4) is 0 Å². The van der Waals surface area contributed by atoms with Gasteiger partial charge in [-0.05, 0) is 45.0 Å². The molecule has 0 amide bonds. The van der Waals surface area contributed by atoms with Gasteiger partial charge in [0.1, 0.15) is 0 Å². The van der Waals surface area contributed by atoms with Gasteiger partial charge in [0.25, 0.3) is 0 Å². The molecule has 0 radical (unpaired) electrons. The maximum absolute atomic E-state index is 5.05. The minimum Gasteiger partial charge on any atom is -0.362 e. The summed E-state index contributed by atoms with van der Waals surface area (Å²) in [5.74, 6) is 0.633. The number of hydrazone groups is 1. The molecule has 106 valence electrons. The van der Waals surface area contributed by atoms with Crippen LogP contribution in [0.5, 0.6) is 0 Å². The molecule has 0 aliphatic heterocycles. The van der Waals surface area contributed by atoms with E-state index in [1.54, 1.807) is 0 Å². The van der Waals surface area contributed by atoms with Crippen molar-refractivity contribution in [1.82, 2.24) is 15.3 Å². The largest absolute Gasteiger partial charge is 0.362 e. The molecule has 4 nitrogen and oxygen atoms in total. The normalized spacial score (nSPS) is 11.3. The average Bonchev–Trinajstić information content (AvgIpc) is 2.57. The van der Waals surface area contributed by atoms with Crippen LogP contribution in [0.25, 0.3) is 0 Å². The Morgan fingerprint density at radius 3 is 2.74 bits per heavy atom. The van der Waals surface area contributed by atoms with Crippen LogP contribution in [0.4, 0.5) is 0 Å². The van der Waals surface area contributed by atoms with Crippen molar-refractivity contribution in [3.63, 3.8) is 0 Å². The van der Waals surface area contributed by atoms with Gasteiger partial charge in [0.2, 0.25) is 0 Å². The fourth-order valence-electron chi connectivity index (χ4n) is 1.97. The third kappa shape index (κ3) is 4.67. The minimum absolute atomic E-state index is 0.551. The zero-order valence-corrected chi connectivity index (χ0v) is 13.3. The highest BCUT2D eigenvalue weighted by Crippen LogP contribution is 2.15. The molecule has 0 atom stereocenters. The van der Waals surface area contributed by atoms with Gasteiger partial charge in [-0.2, -0.15) is 5.10 Å². The fourth-order valence-corrected chi connectivity index (χ4v) is 2.16. The van der Waals surface area contributed by atoms with Gasteiger partial charge in [-0.3, -0.25) is 5.43 Å². The molecular formula is C14H24N4S. The van der Waals surface area contributed by atoms with Crippen LogP contribution < -0.4 is 10.7 Å². The Kier molecular flexibility index (Phi) is 6.02. The van der Waals surface area contributed by atoms with Crippen LogP contribution in [-0.4, -0.2) is 22.4 Å². The number of aryl methyl sites for hydroxylation is 1. The molecule has 1 aromatic rings. The molecule has 0 saturated heterocycles. The van der Waals surface area contributed by atoms with Crippen molar-refractivity contribution in [3.8, 4) is 0 Å². The summed E-state index contributed by atoms with van der Waals surface area (Å²) in [5.41, 5.74) is 6.45.